The van der Waals surface area contributed by atoms with E-state index in [2.05, 4.69) is 0 Å². The second kappa shape index (κ2) is 6.16. The summed E-state index contributed by atoms with van der Waals surface area (Å²) in [6, 6.07) is 12.1. The van der Waals surface area contributed by atoms with Crippen molar-refractivity contribution in [2.24, 2.45) is 0 Å². The Morgan fingerprint density at radius 2 is 1.90 bits per heavy atom. The van der Waals surface area contributed by atoms with Gasteiger partial charge in [0.25, 0.3) is 0 Å². The first kappa shape index (κ1) is 14.0. The van der Waals surface area contributed by atoms with Crippen LogP contribution in [-0.2, 0) is 6.42 Å². The number of aliphatic hydroxyl groups is 1. The van der Waals surface area contributed by atoms with E-state index in [1.165, 1.54) is 0 Å². The average molecular weight is 273 g/mol. The third-order valence-electron chi connectivity index (χ3n) is 2.93. The van der Waals surface area contributed by atoms with Gasteiger partial charge in [-0.15, -0.1) is 0 Å². The SMILES string of the molecule is Cc1cccc(Oc2ccc(CCO)cc2)c1[N+](=O)[O-]. The maximum absolute atomic E-state index is 11.1. The molecule has 0 unspecified atom stereocenters. The van der Waals surface area contributed by atoms with Crippen LogP contribution in [-0.4, -0.2) is 16.6 Å². The normalized spacial score (nSPS) is 10.3. The predicted molar refractivity (Wildman–Crippen MR) is 75.1 cm³/mol. The number of hydrogen-bond acceptors (Lipinski definition) is 4. The summed E-state index contributed by atoms with van der Waals surface area (Å²) in [6.45, 7) is 1.76. The van der Waals surface area contributed by atoms with Crippen molar-refractivity contribution in [1.82, 2.24) is 0 Å². The Labute approximate surface area is 116 Å². The molecule has 0 aromatic heterocycles. The first-order valence-electron chi connectivity index (χ1n) is 6.23. The van der Waals surface area contributed by atoms with Crippen LogP contribution < -0.4 is 4.74 Å². The molecule has 0 saturated heterocycles. The maximum atomic E-state index is 11.1. The summed E-state index contributed by atoms with van der Waals surface area (Å²) in [4.78, 5) is 10.6. The Hall–Kier alpha value is -2.40. The number of benzene rings is 2. The van der Waals surface area contributed by atoms with Crippen molar-refractivity contribution in [3.63, 3.8) is 0 Å². The molecule has 0 radical (unpaired) electrons. The van der Waals surface area contributed by atoms with E-state index in [0.29, 0.717) is 17.7 Å². The van der Waals surface area contributed by atoms with Gasteiger partial charge in [-0.25, -0.2) is 0 Å². The summed E-state index contributed by atoms with van der Waals surface area (Å²) in [7, 11) is 0. The van der Waals surface area contributed by atoms with Crippen molar-refractivity contribution in [3.05, 3.63) is 63.7 Å². The van der Waals surface area contributed by atoms with Gasteiger partial charge in [-0.3, -0.25) is 10.1 Å². The highest BCUT2D eigenvalue weighted by molar-refractivity contribution is 5.53. The third-order valence-corrected chi connectivity index (χ3v) is 2.93. The molecule has 0 aliphatic rings. The second-order valence-electron chi connectivity index (χ2n) is 4.40. The minimum atomic E-state index is -0.440. The van der Waals surface area contributed by atoms with E-state index in [9.17, 15) is 10.1 Å². The average Bonchev–Trinajstić information content (AvgIpc) is 2.41. The topological polar surface area (TPSA) is 72.6 Å². The van der Waals surface area contributed by atoms with Crippen LogP contribution in [0.15, 0.2) is 42.5 Å². The van der Waals surface area contributed by atoms with E-state index in [1.807, 2.05) is 12.1 Å². The van der Waals surface area contributed by atoms with Crippen LogP contribution in [0.5, 0.6) is 11.5 Å². The summed E-state index contributed by atoms with van der Waals surface area (Å²) in [5.74, 6) is 0.755. The molecule has 2 rings (SSSR count). The van der Waals surface area contributed by atoms with Crippen LogP contribution in [0, 0.1) is 17.0 Å². The van der Waals surface area contributed by atoms with Gasteiger partial charge in [0.15, 0.2) is 0 Å². The first-order chi connectivity index (χ1) is 9.61. The number of aryl methyl sites for hydroxylation is 1. The molecule has 1 N–H and O–H groups in total. The van der Waals surface area contributed by atoms with Crippen LogP contribution in [0.25, 0.3) is 0 Å². The lowest BCUT2D eigenvalue weighted by Gasteiger charge is -2.08. The summed E-state index contributed by atoms with van der Waals surface area (Å²) < 4.78 is 5.58. The van der Waals surface area contributed by atoms with Gasteiger partial charge < -0.3 is 9.84 Å². The Bertz CT molecular complexity index is 608. The van der Waals surface area contributed by atoms with Crippen molar-refractivity contribution in [2.45, 2.75) is 13.3 Å². The molecule has 2 aromatic carbocycles. The van der Waals surface area contributed by atoms with Gasteiger partial charge in [-0.1, -0.05) is 24.3 Å². The Kier molecular flexibility index (Phi) is 4.32. The number of nitrogens with zero attached hydrogens (tertiary/aromatic N) is 1. The van der Waals surface area contributed by atoms with Gasteiger partial charge in [0.1, 0.15) is 5.75 Å². The third kappa shape index (κ3) is 3.13. The zero-order valence-electron chi connectivity index (χ0n) is 11.1. The van der Waals surface area contributed by atoms with Crippen LogP contribution in [0.3, 0.4) is 0 Å². The van der Waals surface area contributed by atoms with Crippen molar-refractivity contribution in [1.29, 1.82) is 0 Å². The first-order valence-corrected chi connectivity index (χ1v) is 6.23. The van der Waals surface area contributed by atoms with Gasteiger partial charge in [0, 0.05) is 12.2 Å². The van der Waals surface area contributed by atoms with Gasteiger partial charge in [0.2, 0.25) is 5.75 Å². The summed E-state index contributed by atoms with van der Waals surface area (Å²) in [6.07, 6.45) is 0.574. The van der Waals surface area contributed by atoms with E-state index in [-0.39, 0.29) is 18.0 Å². The minimum Gasteiger partial charge on any atom is -0.450 e. The molecule has 0 spiro atoms. The molecule has 0 fully saturated rings. The minimum absolute atomic E-state index is 0.0214. The number of para-hydroxylation sites is 1. The van der Waals surface area contributed by atoms with Crippen LogP contribution in [0.1, 0.15) is 11.1 Å². The van der Waals surface area contributed by atoms with Gasteiger partial charge >= 0.3 is 5.69 Å². The highest BCUT2D eigenvalue weighted by Gasteiger charge is 2.18. The highest BCUT2D eigenvalue weighted by Crippen LogP contribution is 2.33. The van der Waals surface area contributed by atoms with Crippen LogP contribution in [0.4, 0.5) is 5.69 Å². The molecular formula is C15H15NO4. The molecular weight excluding hydrogens is 258 g/mol. The van der Waals surface area contributed by atoms with Gasteiger partial charge in [-0.05, 0) is 37.1 Å². The number of nitro groups is 1. The van der Waals surface area contributed by atoms with Gasteiger partial charge in [-0.2, -0.15) is 0 Å². The summed E-state index contributed by atoms with van der Waals surface area (Å²) in [5.41, 5.74) is 1.52. The Morgan fingerprint density at radius 3 is 2.50 bits per heavy atom. The fraction of sp³-hybridized carbons (Fsp3) is 0.200. The predicted octanol–water partition coefficient (Wildman–Crippen LogP) is 3.23. The van der Waals surface area contributed by atoms with Crippen molar-refractivity contribution < 1.29 is 14.8 Å². The fourth-order valence-electron chi connectivity index (χ4n) is 1.93. The largest absolute Gasteiger partial charge is 0.450 e. The summed E-state index contributed by atoms with van der Waals surface area (Å²) in [5, 5.41) is 19.9. The van der Waals surface area contributed by atoms with E-state index >= 15 is 0 Å². The number of hydrogen-bond donors (Lipinski definition) is 1. The molecule has 5 nitrogen and oxygen atoms in total. The zero-order valence-corrected chi connectivity index (χ0v) is 11.1. The number of aliphatic hydroxyl groups excluding tert-OH is 1. The van der Waals surface area contributed by atoms with Crippen molar-refractivity contribution >= 4 is 5.69 Å². The van der Waals surface area contributed by atoms with E-state index in [4.69, 9.17) is 9.84 Å². The Balaban J connectivity index is 2.26. The lowest BCUT2D eigenvalue weighted by atomic mass is 10.1. The molecule has 0 saturated carbocycles. The molecule has 20 heavy (non-hydrogen) atoms. The quantitative estimate of drug-likeness (QED) is 0.670. The molecule has 5 heteroatoms. The number of ether oxygens (including phenoxy) is 1. The molecule has 2 aromatic rings. The molecule has 0 aliphatic heterocycles. The fourth-order valence-corrected chi connectivity index (χ4v) is 1.93. The molecule has 0 bridgehead atoms. The molecule has 0 atom stereocenters. The number of nitro benzene ring substituents is 1. The van der Waals surface area contributed by atoms with Crippen LogP contribution in [0.2, 0.25) is 0 Å². The zero-order chi connectivity index (χ0) is 14.5. The van der Waals surface area contributed by atoms with E-state index in [1.54, 1.807) is 37.3 Å². The Morgan fingerprint density at radius 1 is 1.20 bits per heavy atom. The summed E-state index contributed by atoms with van der Waals surface area (Å²) >= 11 is 0. The maximum Gasteiger partial charge on any atom is 0.314 e. The van der Waals surface area contributed by atoms with E-state index in [0.717, 1.165) is 5.56 Å². The van der Waals surface area contributed by atoms with Gasteiger partial charge in [0.05, 0.1) is 4.92 Å². The standard InChI is InChI=1S/C15H15NO4/c1-11-3-2-4-14(15(11)16(18)19)20-13-7-5-12(6-8-13)9-10-17/h2-8,17H,9-10H2,1H3. The van der Waals surface area contributed by atoms with E-state index < -0.39 is 4.92 Å². The van der Waals surface area contributed by atoms with Crippen molar-refractivity contribution in [3.8, 4) is 11.5 Å². The van der Waals surface area contributed by atoms with Crippen LogP contribution >= 0.6 is 0 Å². The molecule has 104 valence electrons. The molecule has 0 heterocycles. The second-order valence-corrected chi connectivity index (χ2v) is 4.40. The number of rotatable bonds is 5. The van der Waals surface area contributed by atoms with Crippen molar-refractivity contribution in [2.75, 3.05) is 6.61 Å². The molecule has 0 amide bonds. The molecule has 0 aliphatic carbocycles. The highest BCUT2D eigenvalue weighted by atomic mass is 16.6. The monoisotopic (exact) mass is 273 g/mol. The lowest BCUT2D eigenvalue weighted by Crippen LogP contribution is -1.96. The lowest BCUT2D eigenvalue weighted by molar-refractivity contribution is -0.386. The smallest absolute Gasteiger partial charge is 0.314 e.